The Hall–Kier alpha value is -3.75. The fourth-order valence-electron chi connectivity index (χ4n) is 4.34. The van der Waals surface area contributed by atoms with Crippen LogP contribution in [-0.2, 0) is 10.0 Å². The number of hydrogen-bond donors (Lipinski definition) is 1. The van der Waals surface area contributed by atoms with Gasteiger partial charge in [-0.15, -0.1) is 0 Å². The molecule has 1 amide bonds. The number of rotatable bonds is 5. The fourth-order valence-corrected chi connectivity index (χ4v) is 5.86. The Morgan fingerprint density at radius 1 is 0.914 bits per heavy atom. The zero-order valence-electron chi connectivity index (χ0n) is 19.2. The molecule has 0 radical (unpaired) electrons. The summed E-state index contributed by atoms with van der Waals surface area (Å²) in [6, 6.07) is 20.2. The van der Waals surface area contributed by atoms with Crippen LogP contribution in [-0.4, -0.2) is 31.7 Å². The number of carbonyl (C=O) groups excluding carboxylic acids is 1. The number of anilines is 1. The lowest BCUT2D eigenvalue weighted by Crippen LogP contribution is -2.27. The molecule has 178 valence electrons. The summed E-state index contributed by atoms with van der Waals surface area (Å²) in [5, 5.41) is 3.10. The summed E-state index contributed by atoms with van der Waals surface area (Å²) in [6.45, 7) is 2.76. The van der Waals surface area contributed by atoms with Gasteiger partial charge < -0.3 is 9.73 Å². The minimum absolute atomic E-state index is 0.191. The topological polar surface area (TPSA) is 96.7 Å². The van der Waals surface area contributed by atoms with Crippen LogP contribution < -0.4 is 10.7 Å². The molecule has 8 heteroatoms. The van der Waals surface area contributed by atoms with E-state index in [1.54, 1.807) is 37.3 Å². The number of carbonyl (C=O) groups is 1. The predicted octanol–water partition coefficient (Wildman–Crippen LogP) is 4.81. The van der Waals surface area contributed by atoms with Crippen LogP contribution in [0.1, 0.15) is 28.8 Å². The van der Waals surface area contributed by atoms with Crippen LogP contribution in [0.2, 0.25) is 0 Å². The van der Waals surface area contributed by atoms with E-state index in [2.05, 4.69) is 5.32 Å². The Morgan fingerprint density at radius 3 is 2.29 bits per heavy atom. The third-order valence-electron chi connectivity index (χ3n) is 6.24. The summed E-state index contributed by atoms with van der Waals surface area (Å²) in [6.07, 6.45) is 1.72. The number of sulfonamides is 1. The molecule has 1 N–H and O–H groups in total. The van der Waals surface area contributed by atoms with Crippen molar-refractivity contribution in [3.8, 4) is 11.3 Å². The van der Waals surface area contributed by atoms with Crippen molar-refractivity contribution in [2.75, 3.05) is 18.4 Å². The van der Waals surface area contributed by atoms with E-state index in [0.29, 0.717) is 35.5 Å². The van der Waals surface area contributed by atoms with Gasteiger partial charge in [0.25, 0.3) is 5.91 Å². The van der Waals surface area contributed by atoms with E-state index in [1.807, 2.05) is 30.3 Å². The second kappa shape index (κ2) is 9.13. The molecule has 1 fully saturated rings. The molecular weight excluding hydrogens is 464 g/mol. The Bertz CT molecular complexity index is 1570. The highest BCUT2D eigenvalue weighted by Gasteiger charge is 2.27. The number of nitrogens with one attached hydrogen (secondary N) is 1. The molecule has 1 aliphatic heterocycles. The number of fused-ring (bicyclic) bond motifs is 1. The highest BCUT2D eigenvalue weighted by atomic mass is 32.2. The molecule has 5 rings (SSSR count). The van der Waals surface area contributed by atoms with Crippen LogP contribution in [0.4, 0.5) is 5.69 Å². The standard InChI is InChI=1S/C27H24N2O5S/c1-18-24(30)22-10-7-11-23(26(22)34-25(18)19-8-3-2-4-9-19)27(31)28-20-12-14-21(15-13-20)35(32,33)29-16-5-6-17-29/h2-4,7-15H,5-6,16-17H2,1H3,(H,28,31). The first kappa shape index (κ1) is 23.0. The molecule has 0 aliphatic carbocycles. The van der Waals surface area contributed by atoms with Gasteiger partial charge in [-0.3, -0.25) is 9.59 Å². The average Bonchev–Trinajstić information content (AvgIpc) is 3.43. The first-order chi connectivity index (χ1) is 16.9. The molecule has 1 saturated heterocycles. The Balaban J connectivity index is 1.47. The van der Waals surface area contributed by atoms with Crippen LogP contribution in [0.5, 0.6) is 0 Å². The van der Waals surface area contributed by atoms with Crippen molar-refractivity contribution in [3.05, 3.63) is 94.1 Å². The summed E-state index contributed by atoms with van der Waals surface area (Å²) in [4.78, 5) is 26.4. The van der Waals surface area contributed by atoms with Crippen LogP contribution >= 0.6 is 0 Å². The SMILES string of the molecule is Cc1c(-c2ccccc2)oc2c(C(=O)Nc3ccc(S(=O)(=O)N4CCCC4)cc3)cccc2c1=O. The van der Waals surface area contributed by atoms with Gasteiger partial charge in [0.1, 0.15) is 5.76 Å². The Labute approximate surface area is 203 Å². The summed E-state index contributed by atoms with van der Waals surface area (Å²) in [7, 11) is -3.53. The summed E-state index contributed by atoms with van der Waals surface area (Å²) in [5.41, 5.74) is 1.87. The smallest absolute Gasteiger partial charge is 0.259 e. The molecule has 1 aliphatic rings. The summed E-state index contributed by atoms with van der Waals surface area (Å²) < 4.78 is 33.1. The van der Waals surface area contributed by atoms with E-state index in [0.717, 1.165) is 18.4 Å². The maximum atomic E-state index is 13.2. The lowest BCUT2D eigenvalue weighted by molar-refractivity contribution is 0.102. The average molecular weight is 489 g/mol. The normalized spacial score (nSPS) is 14.3. The molecule has 0 bridgehead atoms. The fraction of sp³-hybridized carbons (Fsp3) is 0.185. The molecule has 7 nitrogen and oxygen atoms in total. The molecule has 1 aromatic heterocycles. The molecular formula is C27H24N2O5S. The van der Waals surface area contributed by atoms with Crippen molar-refractivity contribution in [1.29, 1.82) is 0 Å². The molecule has 3 aromatic carbocycles. The molecule has 0 saturated carbocycles. The van der Waals surface area contributed by atoms with E-state index < -0.39 is 15.9 Å². The van der Waals surface area contributed by atoms with Crippen molar-refractivity contribution in [3.63, 3.8) is 0 Å². The van der Waals surface area contributed by atoms with Gasteiger partial charge in [-0.25, -0.2) is 8.42 Å². The van der Waals surface area contributed by atoms with E-state index in [9.17, 15) is 18.0 Å². The lowest BCUT2D eigenvalue weighted by atomic mass is 10.0. The van der Waals surface area contributed by atoms with Crippen LogP contribution in [0.25, 0.3) is 22.3 Å². The molecule has 4 aromatic rings. The van der Waals surface area contributed by atoms with Crippen molar-refractivity contribution in [1.82, 2.24) is 4.31 Å². The van der Waals surface area contributed by atoms with Crippen molar-refractivity contribution in [2.45, 2.75) is 24.7 Å². The van der Waals surface area contributed by atoms with Crippen molar-refractivity contribution >= 4 is 32.6 Å². The van der Waals surface area contributed by atoms with Gasteiger partial charge in [-0.05, 0) is 56.2 Å². The van der Waals surface area contributed by atoms with E-state index >= 15 is 0 Å². The van der Waals surface area contributed by atoms with Gasteiger partial charge in [-0.2, -0.15) is 4.31 Å². The summed E-state index contributed by atoms with van der Waals surface area (Å²) >= 11 is 0. The number of hydrogen-bond acceptors (Lipinski definition) is 5. The number of nitrogens with zero attached hydrogens (tertiary/aromatic N) is 1. The van der Waals surface area contributed by atoms with Gasteiger partial charge in [0, 0.05) is 29.9 Å². The third kappa shape index (κ3) is 4.26. The Morgan fingerprint density at radius 2 is 1.60 bits per heavy atom. The summed E-state index contributed by atoms with van der Waals surface area (Å²) in [5.74, 6) is -0.0448. The van der Waals surface area contributed by atoms with E-state index in [4.69, 9.17) is 4.42 Å². The first-order valence-electron chi connectivity index (χ1n) is 11.4. The molecule has 0 spiro atoms. The van der Waals surface area contributed by atoms with Crippen molar-refractivity contribution < 1.29 is 17.6 Å². The van der Waals surface area contributed by atoms with Gasteiger partial charge in [-0.1, -0.05) is 36.4 Å². The zero-order valence-corrected chi connectivity index (χ0v) is 20.0. The largest absolute Gasteiger partial charge is 0.455 e. The molecule has 35 heavy (non-hydrogen) atoms. The lowest BCUT2D eigenvalue weighted by Gasteiger charge is -2.15. The van der Waals surface area contributed by atoms with Gasteiger partial charge in [0.15, 0.2) is 11.0 Å². The number of para-hydroxylation sites is 1. The highest BCUT2D eigenvalue weighted by molar-refractivity contribution is 7.89. The molecule has 2 heterocycles. The molecule has 0 atom stereocenters. The highest BCUT2D eigenvalue weighted by Crippen LogP contribution is 2.28. The zero-order chi connectivity index (χ0) is 24.6. The second-order valence-electron chi connectivity index (χ2n) is 8.52. The number of benzene rings is 3. The maximum Gasteiger partial charge on any atom is 0.259 e. The first-order valence-corrected chi connectivity index (χ1v) is 12.8. The van der Waals surface area contributed by atoms with E-state index in [1.165, 1.54) is 16.4 Å². The van der Waals surface area contributed by atoms with Gasteiger partial charge >= 0.3 is 0 Å². The quantitative estimate of drug-likeness (QED) is 0.435. The second-order valence-corrected chi connectivity index (χ2v) is 10.5. The van der Waals surface area contributed by atoms with Crippen LogP contribution in [0.15, 0.2) is 86.9 Å². The van der Waals surface area contributed by atoms with Crippen LogP contribution in [0.3, 0.4) is 0 Å². The number of amides is 1. The minimum atomic E-state index is -3.53. The van der Waals surface area contributed by atoms with E-state index in [-0.39, 0.29) is 21.5 Å². The molecule has 0 unspecified atom stereocenters. The van der Waals surface area contributed by atoms with Gasteiger partial charge in [0.05, 0.1) is 15.8 Å². The Kier molecular flexibility index (Phi) is 6.00. The monoisotopic (exact) mass is 488 g/mol. The van der Waals surface area contributed by atoms with Crippen molar-refractivity contribution in [2.24, 2.45) is 0 Å². The third-order valence-corrected chi connectivity index (χ3v) is 8.15. The maximum absolute atomic E-state index is 13.2. The van der Waals surface area contributed by atoms with Gasteiger partial charge in [0.2, 0.25) is 10.0 Å². The van der Waals surface area contributed by atoms with Crippen LogP contribution in [0, 0.1) is 6.92 Å². The predicted molar refractivity (Wildman–Crippen MR) is 135 cm³/mol. The minimum Gasteiger partial charge on any atom is -0.455 e.